The van der Waals surface area contributed by atoms with Crippen molar-refractivity contribution in [3.8, 4) is 11.8 Å². The molecule has 1 N–H and O–H groups in total. The van der Waals surface area contributed by atoms with E-state index in [1.165, 1.54) is 5.56 Å². The van der Waals surface area contributed by atoms with Gasteiger partial charge in [0.1, 0.15) is 0 Å². The molecule has 0 aliphatic heterocycles. The Balaban J connectivity index is 2.75. The van der Waals surface area contributed by atoms with Gasteiger partial charge < -0.3 is 5.32 Å². The fraction of sp³-hybridized carbons (Fsp3) is 0.429. The van der Waals surface area contributed by atoms with Gasteiger partial charge >= 0.3 is 0 Å². The average Bonchev–Trinajstić information content (AvgIpc) is 2.29. The first-order valence-corrected chi connectivity index (χ1v) is 6.04. The van der Waals surface area contributed by atoms with Crippen molar-refractivity contribution in [1.29, 1.82) is 0 Å². The van der Waals surface area contributed by atoms with Crippen molar-refractivity contribution >= 4 is 11.6 Å². The van der Waals surface area contributed by atoms with Gasteiger partial charge in [0.2, 0.25) is 0 Å². The van der Waals surface area contributed by atoms with Gasteiger partial charge in [0, 0.05) is 17.5 Å². The Morgan fingerprint density at radius 1 is 1.38 bits per heavy atom. The zero-order chi connectivity index (χ0) is 11.8. The van der Waals surface area contributed by atoms with Crippen molar-refractivity contribution in [2.75, 3.05) is 6.54 Å². The van der Waals surface area contributed by atoms with Crippen LogP contribution in [-0.4, -0.2) is 6.54 Å². The average molecular weight is 236 g/mol. The molecular weight excluding hydrogens is 218 g/mol. The van der Waals surface area contributed by atoms with Gasteiger partial charge in [0.25, 0.3) is 0 Å². The number of rotatable bonds is 5. The van der Waals surface area contributed by atoms with E-state index in [1.54, 1.807) is 0 Å². The Kier molecular flexibility index (Phi) is 6.00. The number of benzene rings is 1. The van der Waals surface area contributed by atoms with Gasteiger partial charge in [-0.1, -0.05) is 36.7 Å². The molecule has 2 heteroatoms. The van der Waals surface area contributed by atoms with Crippen molar-refractivity contribution in [1.82, 2.24) is 5.32 Å². The molecule has 1 atom stereocenters. The second kappa shape index (κ2) is 7.33. The van der Waals surface area contributed by atoms with E-state index >= 15 is 0 Å². The maximum absolute atomic E-state index is 6.19. The van der Waals surface area contributed by atoms with Gasteiger partial charge in [0.05, 0.1) is 0 Å². The van der Waals surface area contributed by atoms with Crippen LogP contribution in [0.3, 0.4) is 0 Å². The molecule has 1 aromatic rings. The molecule has 0 saturated carbocycles. The number of hydrogen-bond donors (Lipinski definition) is 1. The molecule has 1 aromatic carbocycles. The summed E-state index contributed by atoms with van der Waals surface area (Å²) in [5, 5.41) is 4.28. The SMILES string of the molecule is CC#CCCC(NCC)c1ccccc1Cl. The summed E-state index contributed by atoms with van der Waals surface area (Å²) < 4.78 is 0. The molecule has 1 nitrogen and oxygen atoms in total. The molecule has 86 valence electrons. The first-order valence-electron chi connectivity index (χ1n) is 5.67. The molecule has 0 spiro atoms. The van der Waals surface area contributed by atoms with Gasteiger partial charge in [-0.15, -0.1) is 11.8 Å². The highest BCUT2D eigenvalue weighted by molar-refractivity contribution is 6.31. The highest BCUT2D eigenvalue weighted by atomic mass is 35.5. The predicted octanol–water partition coefficient (Wildman–Crippen LogP) is 3.79. The monoisotopic (exact) mass is 235 g/mol. The van der Waals surface area contributed by atoms with Crippen LogP contribution in [0.5, 0.6) is 0 Å². The Bertz CT molecular complexity index is 376. The van der Waals surface area contributed by atoms with Crippen molar-refractivity contribution in [2.45, 2.75) is 32.7 Å². The van der Waals surface area contributed by atoms with Gasteiger partial charge in [-0.2, -0.15) is 0 Å². The molecule has 1 rings (SSSR count). The third-order valence-electron chi connectivity index (χ3n) is 2.47. The fourth-order valence-electron chi connectivity index (χ4n) is 1.71. The second-order valence-corrected chi connectivity index (χ2v) is 4.00. The van der Waals surface area contributed by atoms with Gasteiger partial charge in [-0.3, -0.25) is 0 Å². The zero-order valence-electron chi connectivity index (χ0n) is 9.89. The van der Waals surface area contributed by atoms with Crippen LogP contribution in [0.2, 0.25) is 5.02 Å². The van der Waals surface area contributed by atoms with Crippen molar-refractivity contribution < 1.29 is 0 Å². The molecule has 0 aliphatic carbocycles. The van der Waals surface area contributed by atoms with Crippen molar-refractivity contribution in [2.24, 2.45) is 0 Å². The highest BCUT2D eigenvalue weighted by Gasteiger charge is 2.11. The zero-order valence-corrected chi connectivity index (χ0v) is 10.6. The van der Waals surface area contributed by atoms with Gasteiger partial charge in [-0.25, -0.2) is 0 Å². The molecule has 16 heavy (non-hydrogen) atoms. The van der Waals surface area contributed by atoms with E-state index in [-0.39, 0.29) is 0 Å². The Hall–Kier alpha value is -0.970. The number of nitrogens with one attached hydrogen (secondary N) is 1. The Morgan fingerprint density at radius 3 is 2.75 bits per heavy atom. The van der Waals surface area contributed by atoms with E-state index in [1.807, 2.05) is 25.1 Å². The van der Waals surface area contributed by atoms with E-state index in [4.69, 9.17) is 11.6 Å². The van der Waals surface area contributed by atoms with E-state index in [0.29, 0.717) is 6.04 Å². The molecule has 0 amide bonds. The summed E-state index contributed by atoms with van der Waals surface area (Å²) in [6.07, 6.45) is 1.90. The second-order valence-electron chi connectivity index (χ2n) is 3.60. The summed E-state index contributed by atoms with van der Waals surface area (Å²) in [5.41, 5.74) is 1.17. The smallest absolute Gasteiger partial charge is 0.0453 e. The predicted molar refractivity (Wildman–Crippen MR) is 70.6 cm³/mol. The molecule has 0 fully saturated rings. The normalized spacial score (nSPS) is 11.7. The first kappa shape index (κ1) is 13.1. The van der Waals surface area contributed by atoms with E-state index in [9.17, 15) is 0 Å². The maximum atomic E-state index is 6.19. The summed E-state index contributed by atoms with van der Waals surface area (Å²) in [4.78, 5) is 0. The van der Waals surface area contributed by atoms with Crippen LogP contribution in [-0.2, 0) is 0 Å². The minimum Gasteiger partial charge on any atom is -0.310 e. The van der Waals surface area contributed by atoms with Crippen molar-refractivity contribution in [3.63, 3.8) is 0 Å². The molecule has 0 saturated heterocycles. The third-order valence-corrected chi connectivity index (χ3v) is 2.81. The lowest BCUT2D eigenvalue weighted by Gasteiger charge is -2.18. The molecule has 0 aromatic heterocycles. The minimum atomic E-state index is 0.305. The number of hydrogen-bond acceptors (Lipinski definition) is 1. The summed E-state index contributed by atoms with van der Waals surface area (Å²) in [6, 6.07) is 8.30. The van der Waals surface area contributed by atoms with E-state index in [0.717, 1.165) is 24.4 Å². The Morgan fingerprint density at radius 2 is 2.12 bits per heavy atom. The number of halogens is 1. The molecule has 0 bridgehead atoms. The van der Waals surface area contributed by atoms with Crippen LogP contribution in [0.25, 0.3) is 0 Å². The summed E-state index contributed by atoms with van der Waals surface area (Å²) in [5.74, 6) is 6.01. The summed E-state index contributed by atoms with van der Waals surface area (Å²) >= 11 is 6.19. The quantitative estimate of drug-likeness (QED) is 0.766. The first-order chi connectivity index (χ1) is 7.79. The Labute approximate surface area is 103 Å². The molecule has 1 unspecified atom stereocenters. The van der Waals surface area contributed by atoms with Crippen LogP contribution in [0.4, 0.5) is 0 Å². The lowest BCUT2D eigenvalue weighted by Crippen LogP contribution is -2.21. The lowest BCUT2D eigenvalue weighted by atomic mass is 10.0. The van der Waals surface area contributed by atoms with Crippen molar-refractivity contribution in [3.05, 3.63) is 34.9 Å². The highest BCUT2D eigenvalue weighted by Crippen LogP contribution is 2.25. The van der Waals surface area contributed by atoms with Crippen LogP contribution in [0.15, 0.2) is 24.3 Å². The topological polar surface area (TPSA) is 12.0 Å². The molecule has 0 aliphatic rings. The van der Waals surface area contributed by atoms with Crippen LogP contribution in [0, 0.1) is 11.8 Å². The van der Waals surface area contributed by atoms with E-state index in [2.05, 4.69) is 30.1 Å². The standard InChI is InChI=1S/C14H18ClN/c1-3-5-6-11-14(16-4-2)12-9-7-8-10-13(12)15/h7-10,14,16H,4,6,11H2,1-2H3. The lowest BCUT2D eigenvalue weighted by molar-refractivity contribution is 0.523. The van der Waals surface area contributed by atoms with Gasteiger partial charge in [0.15, 0.2) is 0 Å². The fourth-order valence-corrected chi connectivity index (χ4v) is 1.98. The molecule has 0 heterocycles. The summed E-state index contributed by atoms with van der Waals surface area (Å²) in [6.45, 7) is 4.92. The molecular formula is C14H18ClN. The van der Waals surface area contributed by atoms with Gasteiger partial charge in [-0.05, 0) is 31.5 Å². The summed E-state index contributed by atoms with van der Waals surface area (Å²) in [7, 11) is 0. The van der Waals surface area contributed by atoms with Crippen LogP contribution >= 0.6 is 11.6 Å². The minimum absolute atomic E-state index is 0.305. The third kappa shape index (κ3) is 3.89. The van der Waals surface area contributed by atoms with Crippen LogP contribution in [0.1, 0.15) is 38.3 Å². The largest absolute Gasteiger partial charge is 0.310 e. The maximum Gasteiger partial charge on any atom is 0.0453 e. The van der Waals surface area contributed by atoms with E-state index < -0.39 is 0 Å². The van der Waals surface area contributed by atoms with Crippen LogP contribution < -0.4 is 5.32 Å². The molecule has 0 radical (unpaired) electrons.